The Morgan fingerprint density at radius 2 is 1.49 bits per heavy atom. The van der Waals surface area contributed by atoms with Crippen LogP contribution in [0.15, 0.2) is 91.0 Å². The molecule has 7 heteroatoms. The molecule has 0 aliphatic carbocycles. The standard InChI is InChI=1S/C30H21NO6/c1-17(32)21-10-6-7-13-24(21)31-29(35)27(34)25(28-22-11-4-5-12-23(22)30(36)37-28)26(33)20-15-14-18-8-2-3-9-19(18)16-20/h2-16,25,28H,1H3,(H,31,35). The van der Waals surface area contributed by atoms with E-state index < -0.39 is 35.5 Å². The lowest BCUT2D eigenvalue weighted by Crippen LogP contribution is -2.38. The van der Waals surface area contributed by atoms with E-state index in [0.717, 1.165) is 10.8 Å². The molecule has 4 aromatic carbocycles. The van der Waals surface area contributed by atoms with Gasteiger partial charge in [-0.15, -0.1) is 0 Å². The van der Waals surface area contributed by atoms with E-state index in [0.29, 0.717) is 5.56 Å². The van der Waals surface area contributed by atoms with Crippen molar-refractivity contribution >= 4 is 45.7 Å². The topological polar surface area (TPSA) is 107 Å². The molecule has 4 aromatic rings. The number of para-hydroxylation sites is 1. The third kappa shape index (κ3) is 4.43. The number of carbonyl (C=O) groups excluding carboxylic acids is 5. The Balaban J connectivity index is 1.55. The van der Waals surface area contributed by atoms with Crippen LogP contribution in [0.5, 0.6) is 0 Å². The summed E-state index contributed by atoms with van der Waals surface area (Å²) in [6, 6.07) is 25.1. The Morgan fingerprint density at radius 3 is 2.27 bits per heavy atom. The molecule has 37 heavy (non-hydrogen) atoms. The van der Waals surface area contributed by atoms with Crippen molar-refractivity contribution in [3.8, 4) is 0 Å². The SMILES string of the molecule is CC(=O)c1ccccc1NC(=O)C(=O)C(C(=O)c1ccc2ccccc2c1)C1OC(=O)c2ccccc21. The normalized spacial score (nSPS) is 14.9. The van der Waals surface area contributed by atoms with Crippen molar-refractivity contribution < 1.29 is 28.7 Å². The summed E-state index contributed by atoms with van der Waals surface area (Å²) in [7, 11) is 0. The van der Waals surface area contributed by atoms with Crippen LogP contribution in [0.4, 0.5) is 5.69 Å². The van der Waals surface area contributed by atoms with Crippen LogP contribution in [0.2, 0.25) is 0 Å². The quantitative estimate of drug-likeness (QED) is 0.169. The van der Waals surface area contributed by atoms with Crippen molar-refractivity contribution in [3.63, 3.8) is 0 Å². The fraction of sp³-hybridized carbons (Fsp3) is 0.100. The van der Waals surface area contributed by atoms with Gasteiger partial charge in [0.2, 0.25) is 5.78 Å². The maximum atomic E-state index is 13.8. The zero-order valence-electron chi connectivity index (χ0n) is 19.8. The highest BCUT2D eigenvalue weighted by molar-refractivity contribution is 6.45. The average molecular weight is 491 g/mol. The van der Waals surface area contributed by atoms with Gasteiger partial charge in [-0.25, -0.2) is 4.79 Å². The molecule has 7 nitrogen and oxygen atoms in total. The van der Waals surface area contributed by atoms with Gasteiger partial charge in [-0.3, -0.25) is 19.2 Å². The molecule has 0 spiro atoms. The largest absolute Gasteiger partial charge is 0.453 e. The number of ether oxygens (including phenoxy) is 1. The van der Waals surface area contributed by atoms with E-state index >= 15 is 0 Å². The first-order chi connectivity index (χ1) is 17.8. The minimum Gasteiger partial charge on any atom is -0.453 e. The first-order valence-corrected chi connectivity index (χ1v) is 11.6. The van der Waals surface area contributed by atoms with Crippen LogP contribution in [0.1, 0.15) is 49.7 Å². The van der Waals surface area contributed by atoms with Gasteiger partial charge in [0.25, 0.3) is 5.91 Å². The lowest BCUT2D eigenvalue weighted by molar-refractivity contribution is -0.138. The maximum absolute atomic E-state index is 13.8. The summed E-state index contributed by atoms with van der Waals surface area (Å²) < 4.78 is 5.49. The average Bonchev–Trinajstić information content (AvgIpc) is 3.24. The second kappa shape index (κ2) is 9.62. The molecule has 0 aromatic heterocycles. The highest BCUT2D eigenvalue weighted by Crippen LogP contribution is 2.38. The number of esters is 1. The van der Waals surface area contributed by atoms with E-state index in [4.69, 9.17) is 4.74 Å². The van der Waals surface area contributed by atoms with E-state index in [1.807, 2.05) is 24.3 Å². The fourth-order valence-corrected chi connectivity index (χ4v) is 4.56. The number of amides is 1. The molecule has 0 fully saturated rings. The number of fused-ring (bicyclic) bond motifs is 2. The number of cyclic esters (lactones) is 1. The lowest BCUT2D eigenvalue weighted by atomic mass is 9.84. The molecule has 2 unspecified atom stereocenters. The summed E-state index contributed by atoms with van der Waals surface area (Å²) in [5, 5.41) is 4.15. The van der Waals surface area contributed by atoms with Gasteiger partial charge in [-0.2, -0.15) is 0 Å². The van der Waals surface area contributed by atoms with E-state index in [1.54, 1.807) is 54.6 Å². The summed E-state index contributed by atoms with van der Waals surface area (Å²) in [6.45, 7) is 1.34. The van der Waals surface area contributed by atoms with Crippen molar-refractivity contribution in [2.75, 3.05) is 5.32 Å². The van der Waals surface area contributed by atoms with Crippen molar-refractivity contribution in [1.29, 1.82) is 0 Å². The predicted molar refractivity (Wildman–Crippen MR) is 136 cm³/mol. The Bertz CT molecular complexity index is 1600. The van der Waals surface area contributed by atoms with Gasteiger partial charge < -0.3 is 10.1 Å². The second-order valence-corrected chi connectivity index (χ2v) is 8.74. The zero-order valence-corrected chi connectivity index (χ0v) is 19.8. The molecule has 0 saturated carbocycles. The monoisotopic (exact) mass is 491 g/mol. The molecule has 2 atom stereocenters. The van der Waals surface area contributed by atoms with Gasteiger partial charge in [-0.05, 0) is 42.0 Å². The smallest absolute Gasteiger partial charge is 0.339 e. The Labute approximate surface area is 212 Å². The summed E-state index contributed by atoms with van der Waals surface area (Å²) in [5.41, 5.74) is 1.16. The number of hydrogen-bond acceptors (Lipinski definition) is 6. The van der Waals surface area contributed by atoms with Crippen LogP contribution in [0.3, 0.4) is 0 Å². The van der Waals surface area contributed by atoms with Gasteiger partial charge in [0, 0.05) is 16.7 Å². The Kier molecular flexibility index (Phi) is 6.19. The van der Waals surface area contributed by atoms with Crippen molar-refractivity contribution in [1.82, 2.24) is 0 Å². The lowest BCUT2D eigenvalue weighted by Gasteiger charge is -2.21. The number of benzene rings is 4. The molecular formula is C30H21NO6. The van der Waals surface area contributed by atoms with E-state index in [2.05, 4.69) is 5.32 Å². The minimum absolute atomic E-state index is 0.147. The summed E-state index contributed by atoms with van der Waals surface area (Å²) in [6.07, 6.45) is -1.27. The molecule has 0 saturated heterocycles. The highest BCUT2D eigenvalue weighted by Gasteiger charge is 2.46. The first kappa shape index (κ1) is 23.8. The molecule has 1 N–H and O–H groups in total. The van der Waals surface area contributed by atoms with Crippen LogP contribution >= 0.6 is 0 Å². The molecule has 0 radical (unpaired) electrons. The van der Waals surface area contributed by atoms with Crippen LogP contribution < -0.4 is 5.32 Å². The van der Waals surface area contributed by atoms with Crippen LogP contribution in [-0.2, 0) is 14.3 Å². The highest BCUT2D eigenvalue weighted by atomic mass is 16.5. The third-order valence-electron chi connectivity index (χ3n) is 6.40. The number of rotatable bonds is 7. The fourth-order valence-electron chi connectivity index (χ4n) is 4.56. The number of carbonyl (C=O) groups is 5. The number of ketones is 3. The van der Waals surface area contributed by atoms with Gasteiger partial charge in [0.15, 0.2) is 11.6 Å². The van der Waals surface area contributed by atoms with Crippen LogP contribution in [0.25, 0.3) is 10.8 Å². The van der Waals surface area contributed by atoms with Crippen molar-refractivity contribution in [2.24, 2.45) is 5.92 Å². The molecule has 1 aliphatic heterocycles. The molecular weight excluding hydrogens is 470 g/mol. The van der Waals surface area contributed by atoms with Gasteiger partial charge >= 0.3 is 5.97 Å². The van der Waals surface area contributed by atoms with E-state index in [1.165, 1.54) is 19.1 Å². The van der Waals surface area contributed by atoms with Crippen molar-refractivity contribution in [3.05, 3.63) is 113 Å². The molecule has 1 heterocycles. The van der Waals surface area contributed by atoms with Gasteiger partial charge in [0.05, 0.1) is 11.3 Å². The third-order valence-corrected chi connectivity index (χ3v) is 6.40. The number of anilines is 1. The second-order valence-electron chi connectivity index (χ2n) is 8.74. The molecule has 1 amide bonds. The summed E-state index contributed by atoms with van der Waals surface area (Å²) >= 11 is 0. The molecule has 182 valence electrons. The van der Waals surface area contributed by atoms with Gasteiger partial charge in [0.1, 0.15) is 12.0 Å². The minimum atomic E-state index is -1.63. The van der Waals surface area contributed by atoms with E-state index in [-0.39, 0.29) is 28.2 Å². The Morgan fingerprint density at radius 1 is 0.811 bits per heavy atom. The van der Waals surface area contributed by atoms with Gasteiger partial charge in [-0.1, -0.05) is 66.7 Å². The number of nitrogens with one attached hydrogen (secondary N) is 1. The predicted octanol–water partition coefficient (Wildman–Crippen LogP) is 4.96. The van der Waals surface area contributed by atoms with Crippen LogP contribution in [-0.4, -0.2) is 29.2 Å². The van der Waals surface area contributed by atoms with E-state index in [9.17, 15) is 24.0 Å². The maximum Gasteiger partial charge on any atom is 0.339 e. The number of hydrogen-bond donors (Lipinski definition) is 1. The molecule has 5 rings (SSSR count). The summed E-state index contributed by atoms with van der Waals surface area (Å²) in [4.78, 5) is 65.1. The molecule has 0 bridgehead atoms. The molecule has 1 aliphatic rings. The summed E-state index contributed by atoms with van der Waals surface area (Å²) in [5.74, 6) is -5.42. The zero-order chi connectivity index (χ0) is 26.1. The van der Waals surface area contributed by atoms with Crippen molar-refractivity contribution in [2.45, 2.75) is 13.0 Å². The van der Waals surface area contributed by atoms with Crippen LogP contribution in [0, 0.1) is 5.92 Å². The number of Topliss-reactive ketones (excluding diaryl/α,β-unsaturated/α-hetero) is 3. The Hall–Kier alpha value is -4.91. The first-order valence-electron chi connectivity index (χ1n) is 11.6.